The zero-order chi connectivity index (χ0) is 16.4. The molecule has 0 radical (unpaired) electrons. The molecule has 23 heavy (non-hydrogen) atoms. The van der Waals surface area contributed by atoms with Gasteiger partial charge in [0.2, 0.25) is 10.0 Å². The van der Waals surface area contributed by atoms with Gasteiger partial charge >= 0.3 is 0 Å². The first-order valence-corrected chi connectivity index (χ1v) is 8.82. The number of hydrogen-bond donors (Lipinski definition) is 1. The number of nitrogens with one attached hydrogen (secondary N) is 1. The van der Waals surface area contributed by atoms with Crippen molar-refractivity contribution in [2.75, 3.05) is 6.61 Å². The van der Waals surface area contributed by atoms with Crippen molar-refractivity contribution in [2.24, 2.45) is 7.05 Å². The molecule has 1 aromatic carbocycles. The van der Waals surface area contributed by atoms with E-state index in [2.05, 4.69) is 9.82 Å². The number of benzene rings is 1. The zero-order valence-corrected chi connectivity index (χ0v) is 13.5. The second-order valence-electron chi connectivity index (χ2n) is 5.55. The molecule has 0 saturated carbocycles. The van der Waals surface area contributed by atoms with Crippen LogP contribution in [0.25, 0.3) is 0 Å². The van der Waals surface area contributed by atoms with Crippen molar-refractivity contribution in [1.29, 1.82) is 0 Å². The second kappa shape index (κ2) is 6.38. The third-order valence-electron chi connectivity index (χ3n) is 3.84. The van der Waals surface area contributed by atoms with E-state index in [1.807, 2.05) is 0 Å². The smallest absolute Gasteiger partial charge is 0.244 e. The van der Waals surface area contributed by atoms with Crippen LogP contribution in [0.15, 0.2) is 41.6 Å². The highest BCUT2D eigenvalue weighted by Crippen LogP contribution is 2.28. The topological polar surface area (TPSA) is 73.2 Å². The summed E-state index contributed by atoms with van der Waals surface area (Å²) in [5, 5.41) is 3.89. The standard InChI is InChI=1S/C15H18FN3O3S/c1-19-10-13(9-17-19)23(20,21)18-15(14-3-2-8-22-14)11-4-6-12(16)7-5-11/h4-7,9-10,14-15,18H,2-3,8H2,1H3/t14-,15-/m1/s1. The lowest BCUT2D eigenvalue weighted by molar-refractivity contribution is 0.0852. The third-order valence-corrected chi connectivity index (χ3v) is 5.24. The van der Waals surface area contributed by atoms with E-state index >= 15 is 0 Å². The molecule has 1 aliphatic heterocycles. The van der Waals surface area contributed by atoms with Crippen molar-refractivity contribution < 1.29 is 17.5 Å². The third kappa shape index (κ3) is 3.60. The molecule has 8 heteroatoms. The van der Waals surface area contributed by atoms with Crippen LogP contribution in [0.2, 0.25) is 0 Å². The van der Waals surface area contributed by atoms with Gasteiger partial charge in [0, 0.05) is 19.9 Å². The summed E-state index contributed by atoms with van der Waals surface area (Å²) >= 11 is 0. The minimum atomic E-state index is -3.74. The minimum Gasteiger partial charge on any atom is -0.376 e. The van der Waals surface area contributed by atoms with Gasteiger partial charge in [-0.05, 0) is 30.5 Å². The quantitative estimate of drug-likeness (QED) is 0.901. The fraction of sp³-hybridized carbons (Fsp3) is 0.400. The molecule has 3 rings (SSSR count). The number of halogens is 1. The average Bonchev–Trinajstić information content (AvgIpc) is 3.17. The molecule has 0 bridgehead atoms. The van der Waals surface area contributed by atoms with Crippen molar-refractivity contribution in [2.45, 2.75) is 29.9 Å². The number of nitrogens with zero attached hydrogens (tertiary/aromatic N) is 2. The molecule has 1 N–H and O–H groups in total. The van der Waals surface area contributed by atoms with Crippen LogP contribution in [0.4, 0.5) is 4.39 Å². The summed E-state index contributed by atoms with van der Waals surface area (Å²) in [6.07, 6.45) is 4.07. The molecule has 1 aromatic heterocycles. The highest BCUT2D eigenvalue weighted by Gasteiger charge is 2.32. The van der Waals surface area contributed by atoms with Crippen molar-refractivity contribution in [3.05, 3.63) is 48.0 Å². The van der Waals surface area contributed by atoms with Crippen LogP contribution < -0.4 is 4.72 Å². The van der Waals surface area contributed by atoms with Gasteiger partial charge in [-0.2, -0.15) is 5.10 Å². The van der Waals surface area contributed by atoms with Crippen LogP contribution in [0, 0.1) is 5.82 Å². The summed E-state index contributed by atoms with van der Waals surface area (Å²) in [6.45, 7) is 0.594. The summed E-state index contributed by atoms with van der Waals surface area (Å²) in [5.74, 6) is -0.366. The van der Waals surface area contributed by atoms with Gasteiger partial charge in [0.1, 0.15) is 10.7 Å². The number of hydrogen-bond acceptors (Lipinski definition) is 4. The van der Waals surface area contributed by atoms with Gasteiger partial charge in [-0.3, -0.25) is 4.68 Å². The van der Waals surface area contributed by atoms with Gasteiger partial charge < -0.3 is 4.74 Å². The number of aromatic nitrogens is 2. The van der Waals surface area contributed by atoms with Gasteiger partial charge in [-0.15, -0.1) is 0 Å². The molecule has 0 unspecified atom stereocenters. The summed E-state index contributed by atoms with van der Waals surface area (Å²) < 4.78 is 48.0. The lowest BCUT2D eigenvalue weighted by atomic mass is 10.0. The maximum atomic E-state index is 13.2. The Morgan fingerprint density at radius 3 is 2.70 bits per heavy atom. The monoisotopic (exact) mass is 339 g/mol. The van der Waals surface area contributed by atoms with E-state index < -0.39 is 16.1 Å². The van der Waals surface area contributed by atoms with Crippen LogP contribution in [-0.2, 0) is 21.8 Å². The molecule has 2 atom stereocenters. The van der Waals surface area contributed by atoms with Crippen LogP contribution in [0.3, 0.4) is 0 Å². The average molecular weight is 339 g/mol. The first-order chi connectivity index (χ1) is 11.0. The fourth-order valence-electron chi connectivity index (χ4n) is 2.67. The Morgan fingerprint density at radius 1 is 1.39 bits per heavy atom. The van der Waals surface area contributed by atoms with Crippen LogP contribution in [0.5, 0.6) is 0 Å². The summed E-state index contributed by atoms with van der Waals surface area (Å²) in [6, 6.07) is 5.22. The Bertz CT molecular complexity index is 768. The zero-order valence-electron chi connectivity index (χ0n) is 12.6. The molecule has 1 aliphatic rings. The van der Waals surface area contributed by atoms with E-state index in [1.165, 1.54) is 29.2 Å². The molecule has 6 nitrogen and oxygen atoms in total. The molecular weight excluding hydrogens is 321 g/mol. The summed E-state index contributed by atoms with van der Waals surface area (Å²) in [5.41, 5.74) is 0.672. The predicted octanol–water partition coefficient (Wildman–Crippen LogP) is 1.76. The molecule has 2 heterocycles. The maximum absolute atomic E-state index is 13.2. The fourth-order valence-corrected chi connectivity index (χ4v) is 3.90. The maximum Gasteiger partial charge on any atom is 0.244 e. The summed E-state index contributed by atoms with van der Waals surface area (Å²) in [7, 11) is -2.09. The molecular formula is C15H18FN3O3S. The lowest BCUT2D eigenvalue weighted by Crippen LogP contribution is -2.36. The van der Waals surface area contributed by atoms with Crippen LogP contribution in [-0.4, -0.2) is 30.9 Å². The molecule has 0 aliphatic carbocycles. The highest BCUT2D eigenvalue weighted by atomic mass is 32.2. The number of sulfonamides is 1. The van der Waals surface area contributed by atoms with Gasteiger partial charge in [0.05, 0.1) is 18.3 Å². The first-order valence-electron chi connectivity index (χ1n) is 7.34. The predicted molar refractivity (Wildman–Crippen MR) is 81.6 cm³/mol. The Hall–Kier alpha value is -1.77. The SMILES string of the molecule is Cn1cc(S(=O)(=O)N[C@H](c2ccc(F)cc2)[C@H]2CCCO2)cn1. The first kappa shape index (κ1) is 16.1. The molecule has 2 aromatic rings. The van der Waals surface area contributed by atoms with Crippen molar-refractivity contribution in [3.8, 4) is 0 Å². The van der Waals surface area contributed by atoms with E-state index in [1.54, 1.807) is 19.2 Å². The number of rotatable bonds is 5. The Labute approximate surface area is 134 Å². The Morgan fingerprint density at radius 2 is 2.13 bits per heavy atom. The highest BCUT2D eigenvalue weighted by molar-refractivity contribution is 7.89. The number of ether oxygens (including phenoxy) is 1. The molecule has 124 valence electrons. The lowest BCUT2D eigenvalue weighted by Gasteiger charge is -2.24. The van der Waals surface area contributed by atoms with Gasteiger partial charge in [0.15, 0.2) is 0 Å². The van der Waals surface area contributed by atoms with Crippen molar-refractivity contribution in [3.63, 3.8) is 0 Å². The van der Waals surface area contributed by atoms with E-state index in [-0.39, 0.29) is 16.8 Å². The Kier molecular flexibility index (Phi) is 4.47. The van der Waals surface area contributed by atoms with Gasteiger partial charge in [-0.25, -0.2) is 17.5 Å². The normalized spacial score (nSPS) is 19.8. The molecule has 0 amide bonds. The molecule has 1 saturated heterocycles. The summed E-state index contributed by atoms with van der Waals surface area (Å²) in [4.78, 5) is 0.0881. The molecule has 0 spiro atoms. The Balaban J connectivity index is 1.90. The second-order valence-corrected chi connectivity index (χ2v) is 7.27. The minimum absolute atomic E-state index is 0.0881. The van der Waals surface area contributed by atoms with Gasteiger partial charge in [-0.1, -0.05) is 12.1 Å². The number of aryl methyl sites for hydroxylation is 1. The van der Waals surface area contributed by atoms with E-state index in [9.17, 15) is 12.8 Å². The van der Waals surface area contributed by atoms with E-state index in [4.69, 9.17) is 4.74 Å². The largest absolute Gasteiger partial charge is 0.376 e. The van der Waals surface area contributed by atoms with E-state index in [0.29, 0.717) is 12.2 Å². The molecule has 1 fully saturated rings. The van der Waals surface area contributed by atoms with Crippen molar-refractivity contribution >= 4 is 10.0 Å². The van der Waals surface area contributed by atoms with Crippen molar-refractivity contribution in [1.82, 2.24) is 14.5 Å². The van der Waals surface area contributed by atoms with Crippen LogP contribution in [0.1, 0.15) is 24.4 Å². The van der Waals surface area contributed by atoms with Crippen LogP contribution >= 0.6 is 0 Å². The van der Waals surface area contributed by atoms with Gasteiger partial charge in [0.25, 0.3) is 0 Å². The van der Waals surface area contributed by atoms with E-state index in [0.717, 1.165) is 12.8 Å².